The van der Waals surface area contributed by atoms with Gasteiger partial charge in [0, 0.05) is 23.0 Å². The number of fused-ring (bicyclic) bond motifs is 1. The van der Waals surface area contributed by atoms with Crippen molar-refractivity contribution in [2.24, 2.45) is 0 Å². The van der Waals surface area contributed by atoms with Crippen LogP contribution in [0.1, 0.15) is 78.0 Å². The first-order chi connectivity index (χ1) is 17.8. The van der Waals surface area contributed by atoms with Crippen LogP contribution in [0, 0.1) is 6.92 Å². The summed E-state index contributed by atoms with van der Waals surface area (Å²) >= 11 is 1.74. The van der Waals surface area contributed by atoms with Crippen molar-refractivity contribution in [1.29, 1.82) is 0 Å². The summed E-state index contributed by atoms with van der Waals surface area (Å²) in [5.41, 5.74) is 4.14. The molecule has 2 heterocycles. The summed E-state index contributed by atoms with van der Waals surface area (Å²) in [6.07, 6.45) is 1.60. The third-order valence-electron chi connectivity index (χ3n) is 7.36. The van der Waals surface area contributed by atoms with Crippen molar-refractivity contribution in [2.45, 2.75) is 65.5 Å². The fourth-order valence-electron chi connectivity index (χ4n) is 4.75. The summed E-state index contributed by atoms with van der Waals surface area (Å²) in [4.78, 5) is 32.1. The first-order valence-corrected chi connectivity index (χ1v) is 14.1. The molecule has 0 saturated carbocycles. The van der Waals surface area contributed by atoms with Crippen LogP contribution in [0.2, 0.25) is 0 Å². The lowest BCUT2D eigenvalue weighted by Gasteiger charge is -2.38. The van der Waals surface area contributed by atoms with E-state index in [1.165, 1.54) is 10.4 Å². The molecule has 2 atom stereocenters. The molecular formula is C31H38N2O3S. The van der Waals surface area contributed by atoms with Gasteiger partial charge in [-0.25, -0.2) is 0 Å². The number of ether oxygens (including phenoxy) is 1. The Morgan fingerprint density at radius 3 is 2.41 bits per heavy atom. The maximum absolute atomic E-state index is 13.8. The predicted octanol–water partition coefficient (Wildman–Crippen LogP) is 6.63. The van der Waals surface area contributed by atoms with Crippen LogP contribution in [-0.4, -0.2) is 47.4 Å². The van der Waals surface area contributed by atoms with Crippen LogP contribution in [0.15, 0.2) is 60.0 Å². The molecule has 5 nitrogen and oxygen atoms in total. The second kappa shape index (κ2) is 12.0. The van der Waals surface area contributed by atoms with E-state index in [-0.39, 0.29) is 30.4 Å². The van der Waals surface area contributed by atoms with E-state index < -0.39 is 0 Å². The van der Waals surface area contributed by atoms with Gasteiger partial charge in [-0.1, -0.05) is 50.6 Å². The van der Waals surface area contributed by atoms with E-state index in [1.54, 1.807) is 16.2 Å². The number of amides is 2. The van der Waals surface area contributed by atoms with E-state index in [4.69, 9.17) is 4.74 Å². The fourth-order valence-corrected chi connectivity index (χ4v) is 5.67. The van der Waals surface area contributed by atoms with Gasteiger partial charge >= 0.3 is 0 Å². The fraction of sp³-hybridized carbons (Fsp3) is 0.419. The molecule has 0 aliphatic carbocycles. The molecule has 0 radical (unpaired) electrons. The van der Waals surface area contributed by atoms with Gasteiger partial charge in [0.2, 0.25) is 5.91 Å². The molecule has 4 rings (SSSR count). The highest BCUT2D eigenvalue weighted by molar-refractivity contribution is 7.10. The van der Waals surface area contributed by atoms with E-state index in [2.05, 4.69) is 37.4 Å². The number of carbonyl (C=O) groups excluding carboxylic acids is 2. The molecule has 1 aliphatic rings. The Bertz CT molecular complexity index is 1200. The van der Waals surface area contributed by atoms with Gasteiger partial charge in [0.1, 0.15) is 18.9 Å². The molecule has 37 heavy (non-hydrogen) atoms. The molecule has 0 spiro atoms. The van der Waals surface area contributed by atoms with Crippen molar-refractivity contribution in [3.8, 4) is 5.75 Å². The lowest BCUT2D eigenvalue weighted by molar-refractivity contribution is -0.136. The first kappa shape index (κ1) is 26.9. The summed E-state index contributed by atoms with van der Waals surface area (Å²) in [5.74, 6) is 1.12. The van der Waals surface area contributed by atoms with Gasteiger partial charge in [-0.15, -0.1) is 11.3 Å². The number of hydrogen-bond donors (Lipinski definition) is 0. The SMILES string of the molecule is CC[C@@H](C)N(CC(=O)N1CCc2sccc2[C@@H]1COc1ccc(C(C)C)cc1)C(=O)c1ccc(C)cc1. The van der Waals surface area contributed by atoms with Gasteiger partial charge in [0.25, 0.3) is 5.91 Å². The number of hydrogen-bond acceptors (Lipinski definition) is 4. The summed E-state index contributed by atoms with van der Waals surface area (Å²) < 4.78 is 6.22. The number of aryl methyl sites for hydroxylation is 1. The lowest BCUT2D eigenvalue weighted by atomic mass is 10.00. The second-order valence-electron chi connectivity index (χ2n) is 10.2. The standard InChI is InChI=1S/C31H38N2O3S/c1-6-23(5)33(31(35)25-9-7-22(4)8-10-25)19-30(34)32-17-15-29-27(16-18-37-29)28(32)20-36-26-13-11-24(12-14-26)21(2)3/h7-14,16,18,21,23,28H,6,15,17,19-20H2,1-5H3/t23-,28+/m1/s1. The zero-order chi connectivity index (χ0) is 26.5. The van der Waals surface area contributed by atoms with Crippen molar-refractivity contribution in [1.82, 2.24) is 9.80 Å². The molecule has 2 amide bonds. The third kappa shape index (κ3) is 6.24. The summed E-state index contributed by atoms with van der Waals surface area (Å²) in [5, 5.41) is 2.09. The average molecular weight is 519 g/mol. The Morgan fingerprint density at radius 2 is 1.76 bits per heavy atom. The van der Waals surface area contributed by atoms with Gasteiger partial charge in [-0.2, -0.15) is 0 Å². The highest BCUT2D eigenvalue weighted by atomic mass is 32.1. The molecule has 1 aromatic heterocycles. The van der Waals surface area contributed by atoms with Crippen LogP contribution in [0.25, 0.3) is 0 Å². The van der Waals surface area contributed by atoms with Gasteiger partial charge in [-0.05, 0) is 79.4 Å². The zero-order valence-corrected chi connectivity index (χ0v) is 23.4. The molecule has 0 saturated heterocycles. The smallest absolute Gasteiger partial charge is 0.254 e. The molecule has 196 valence electrons. The molecular weight excluding hydrogens is 480 g/mol. The van der Waals surface area contributed by atoms with Crippen molar-refractivity contribution in [3.63, 3.8) is 0 Å². The van der Waals surface area contributed by atoms with Crippen LogP contribution in [0.3, 0.4) is 0 Å². The molecule has 0 bridgehead atoms. The lowest BCUT2D eigenvalue weighted by Crippen LogP contribution is -2.49. The molecule has 6 heteroatoms. The monoisotopic (exact) mass is 518 g/mol. The minimum Gasteiger partial charge on any atom is -0.491 e. The largest absolute Gasteiger partial charge is 0.491 e. The van der Waals surface area contributed by atoms with Crippen molar-refractivity contribution in [2.75, 3.05) is 19.7 Å². The highest BCUT2D eigenvalue weighted by Gasteiger charge is 2.34. The van der Waals surface area contributed by atoms with Gasteiger partial charge in [0.15, 0.2) is 0 Å². The normalized spacial score (nSPS) is 15.8. The first-order valence-electron chi connectivity index (χ1n) is 13.2. The van der Waals surface area contributed by atoms with E-state index in [0.29, 0.717) is 24.6 Å². The number of benzene rings is 2. The summed E-state index contributed by atoms with van der Waals surface area (Å²) in [6.45, 7) is 11.5. The molecule has 3 aromatic rings. The maximum atomic E-state index is 13.8. The average Bonchev–Trinajstić information content (AvgIpc) is 3.39. The number of carbonyl (C=O) groups is 2. The van der Waals surface area contributed by atoms with Crippen molar-refractivity contribution in [3.05, 3.63) is 87.1 Å². The molecule has 1 aliphatic heterocycles. The maximum Gasteiger partial charge on any atom is 0.254 e. The quantitative estimate of drug-likeness (QED) is 0.320. The third-order valence-corrected chi connectivity index (χ3v) is 8.35. The Labute approximate surface area is 225 Å². The Kier molecular flexibility index (Phi) is 8.70. The minimum absolute atomic E-state index is 0.0404. The topological polar surface area (TPSA) is 49.9 Å². The summed E-state index contributed by atoms with van der Waals surface area (Å²) in [7, 11) is 0. The molecule has 0 fully saturated rings. The Hall–Kier alpha value is -3.12. The van der Waals surface area contributed by atoms with E-state index in [1.807, 2.05) is 62.1 Å². The van der Waals surface area contributed by atoms with Crippen LogP contribution >= 0.6 is 11.3 Å². The zero-order valence-electron chi connectivity index (χ0n) is 22.6. The number of thiophene rings is 1. The van der Waals surface area contributed by atoms with E-state index in [0.717, 1.165) is 29.7 Å². The highest BCUT2D eigenvalue weighted by Crippen LogP contribution is 2.34. The van der Waals surface area contributed by atoms with Gasteiger partial charge in [-0.3, -0.25) is 9.59 Å². The van der Waals surface area contributed by atoms with E-state index in [9.17, 15) is 9.59 Å². The molecule has 2 aromatic carbocycles. The minimum atomic E-state index is -0.180. The Morgan fingerprint density at radius 1 is 1.05 bits per heavy atom. The molecule has 0 unspecified atom stereocenters. The molecule has 0 N–H and O–H groups in total. The van der Waals surface area contributed by atoms with Crippen molar-refractivity contribution < 1.29 is 14.3 Å². The summed E-state index contributed by atoms with van der Waals surface area (Å²) in [6, 6.07) is 17.7. The van der Waals surface area contributed by atoms with Crippen LogP contribution in [-0.2, 0) is 11.2 Å². The van der Waals surface area contributed by atoms with Crippen LogP contribution < -0.4 is 4.74 Å². The Balaban J connectivity index is 1.52. The number of rotatable bonds is 9. The van der Waals surface area contributed by atoms with Gasteiger partial charge < -0.3 is 14.5 Å². The second-order valence-corrected chi connectivity index (χ2v) is 11.2. The number of nitrogens with zero attached hydrogens (tertiary/aromatic N) is 2. The van der Waals surface area contributed by atoms with Gasteiger partial charge in [0.05, 0.1) is 6.04 Å². The van der Waals surface area contributed by atoms with Crippen molar-refractivity contribution >= 4 is 23.2 Å². The van der Waals surface area contributed by atoms with Crippen LogP contribution in [0.4, 0.5) is 0 Å². The van der Waals surface area contributed by atoms with Crippen LogP contribution in [0.5, 0.6) is 5.75 Å². The predicted molar refractivity (Wildman–Crippen MR) is 150 cm³/mol. The van der Waals surface area contributed by atoms with E-state index >= 15 is 0 Å².